The molecular formula is C10H14N6O. The first-order valence-corrected chi connectivity index (χ1v) is 5.26. The van der Waals surface area contributed by atoms with Crippen molar-refractivity contribution >= 4 is 17.3 Å². The summed E-state index contributed by atoms with van der Waals surface area (Å²) in [6, 6.07) is 0. The van der Waals surface area contributed by atoms with Crippen molar-refractivity contribution in [3.8, 4) is 0 Å². The zero-order chi connectivity index (χ0) is 12.4. The van der Waals surface area contributed by atoms with Gasteiger partial charge in [-0.05, 0) is 13.8 Å². The lowest BCUT2D eigenvalue weighted by Gasteiger charge is -1.99. The number of carbonyl (C=O) groups is 1. The van der Waals surface area contributed by atoms with E-state index in [0.717, 1.165) is 6.54 Å². The molecule has 0 fully saturated rings. The van der Waals surface area contributed by atoms with Crippen LogP contribution in [0.3, 0.4) is 0 Å². The van der Waals surface area contributed by atoms with Crippen LogP contribution in [-0.2, 0) is 6.54 Å². The average Bonchev–Trinajstić information content (AvgIpc) is 2.88. The Balaban J connectivity index is 2.14. The molecule has 2 aromatic heterocycles. The summed E-state index contributed by atoms with van der Waals surface area (Å²) in [6.07, 6.45) is 3.32. The maximum atomic E-state index is 11.8. The second-order valence-electron chi connectivity index (χ2n) is 3.65. The third-order valence-corrected chi connectivity index (χ3v) is 2.42. The highest BCUT2D eigenvalue weighted by Crippen LogP contribution is 2.14. The van der Waals surface area contributed by atoms with Crippen molar-refractivity contribution in [3.63, 3.8) is 0 Å². The van der Waals surface area contributed by atoms with E-state index >= 15 is 0 Å². The van der Waals surface area contributed by atoms with E-state index < -0.39 is 0 Å². The van der Waals surface area contributed by atoms with E-state index in [2.05, 4.69) is 20.6 Å². The Hall–Kier alpha value is -2.31. The van der Waals surface area contributed by atoms with E-state index in [0.29, 0.717) is 17.1 Å². The quantitative estimate of drug-likeness (QED) is 0.729. The van der Waals surface area contributed by atoms with Gasteiger partial charge in [-0.1, -0.05) is 0 Å². The Labute approximate surface area is 98.0 Å². The monoisotopic (exact) mass is 234 g/mol. The first kappa shape index (κ1) is 11.2. The molecule has 2 rings (SSSR count). The number of nitrogens with two attached hydrogens (primary N) is 1. The molecule has 0 radical (unpaired) electrons. The number of rotatable bonds is 3. The number of anilines is 2. The van der Waals surface area contributed by atoms with Gasteiger partial charge in [0, 0.05) is 12.7 Å². The first-order valence-electron chi connectivity index (χ1n) is 5.26. The maximum Gasteiger partial charge on any atom is 0.278 e. The molecule has 0 atom stereocenters. The topological polar surface area (TPSA) is 102 Å². The van der Waals surface area contributed by atoms with Crippen LogP contribution >= 0.6 is 0 Å². The van der Waals surface area contributed by atoms with Gasteiger partial charge in [0.2, 0.25) is 0 Å². The van der Waals surface area contributed by atoms with Gasteiger partial charge in [0.25, 0.3) is 5.91 Å². The number of aromatic nitrogens is 4. The van der Waals surface area contributed by atoms with E-state index in [1.165, 1.54) is 0 Å². The highest BCUT2D eigenvalue weighted by atomic mass is 16.2. The third kappa shape index (κ3) is 2.12. The van der Waals surface area contributed by atoms with Gasteiger partial charge in [0.05, 0.1) is 23.3 Å². The van der Waals surface area contributed by atoms with Gasteiger partial charge in [-0.25, -0.2) is 0 Å². The molecule has 17 heavy (non-hydrogen) atoms. The van der Waals surface area contributed by atoms with Gasteiger partial charge in [-0.2, -0.15) is 10.2 Å². The van der Waals surface area contributed by atoms with Crippen LogP contribution in [0.2, 0.25) is 0 Å². The number of hydrogen-bond acceptors (Lipinski definition) is 4. The number of nitrogens with zero attached hydrogens (tertiary/aromatic N) is 3. The number of aryl methyl sites for hydroxylation is 2. The van der Waals surface area contributed by atoms with E-state index in [9.17, 15) is 4.79 Å². The highest BCUT2D eigenvalue weighted by molar-refractivity contribution is 6.06. The summed E-state index contributed by atoms with van der Waals surface area (Å²) < 4.78 is 1.72. The normalized spacial score (nSPS) is 10.5. The average molecular weight is 234 g/mol. The molecule has 0 aliphatic carbocycles. The highest BCUT2D eigenvalue weighted by Gasteiger charge is 2.15. The second kappa shape index (κ2) is 4.28. The lowest BCUT2D eigenvalue weighted by molar-refractivity contribution is 0.102. The molecule has 4 N–H and O–H groups in total. The first-order chi connectivity index (χ1) is 8.11. The Morgan fingerprint density at radius 1 is 1.65 bits per heavy atom. The molecule has 7 nitrogen and oxygen atoms in total. The minimum Gasteiger partial charge on any atom is -0.395 e. The molecule has 0 saturated carbocycles. The van der Waals surface area contributed by atoms with Crippen LogP contribution in [0.4, 0.5) is 11.4 Å². The molecule has 90 valence electrons. The van der Waals surface area contributed by atoms with E-state index in [1.807, 2.05) is 6.92 Å². The van der Waals surface area contributed by atoms with Crippen molar-refractivity contribution in [2.24, 2.45) is 0 Å². The van der Waals surface area contributed by atoms with Gasteiger partial charge in [-0.3, -0.25) is 14.6 Å². The van der Waals surface area contributed by atoms with Gasteiger partial charge in [-0.15, -0.1) is 0 Å². The largest absolute Gasteiger partial charge is 0.395 e. The lowest BCUT2D eigenvalue weighted by Crippen LogP contribution is -2.13. The van der Waals surface area contributed by atoms with Crippen molar-refractivity contribution in [3.05, 3.63) is 23.8 Å². The SMILES string of the molecule is CCn1cc(NC(=O)c2n[nH]c(C)c2N)cn1. The minimum atomic E-state index is -0.345. The van der Waals surface area contributed by atoms with Gasteiger partial charge in [0.15, 0.2) is 5.69 Å². The summed E-state index contributed by atoms with van der Waals surface area (Å²) in [4.78, 5) is 11.8. The van der Waals surface area contributed by atoms with Crippen LogP contribution in [0.15, 0.2) is 12.4 Å². The smallest absolute Gasteiger partial charge is 0.278 e. The number of nitrogen functional groups attached to an aromatic ring is 1. The van der Waals surface area contributed by atoms with Crippen LogP contribution in [0.5, 0.6) is 0 Å². The number of hydrogen-bond donors (Lipinski definition) is 3. The number of aromatic amines is 1. The van der Waals surface area contributed by atoms with Crippen molar-refractivity contribution < 1.29 is 4.79 Å². The zero-order valence-corrected chi connectivity index (χ0v) is 9.69. The molecule has 0 aromatic carbocycles. The Morgan fingerprint density at radius 2 is 2.41 bits per heavy atom. The Kier molecular flexibility index (Phi) is 2.82. The van der Waals surface area contributed by atoms with Crippen LogP contribution < -0.4 is 11.1 Å². The molecule has 0 aliphatic heterocycles. The fraction of sp³-hybridized carbons (Fsp3) is 0.300. The number of H-pyrrole nitrogens is 1. The summed E-state index contributed by atoms with van der Waals surface area (Å²) in [5, 5.41) is 13.2. The Bertz CT molecular complexity index is 541. The fourth-order valence-electron chi connectivity index (χ4n) is 1.40. The zero-order valence-electron chi connectivity index (χ0n) is 9.69. The van der Waals surface area contributed by atoms with Crippen molar-refractivity contribution in [1.82, 2.24) is 20.0 Å². The van der Waals surface area contributed by atoms with Crippen LogP contribution in [0, 0.1) is 6.92 Å². The summed E-state index contributed by atoms with van der Waals surface area (Å²) in [5.41, 5.74) is 7.58. The van der Waals surface area contributed by atoms with E-state index in [-0.39, 0.29) is 11.6 Å². The van der Waals surface area contributed by atoms with Gasteiger partial charge < -0.3 is 11.1 Å². The van der Waals surface area contributed by atoms with Crippen LogP contribution in [-0.4, -0.2) is 25.9 Å². The Morgan fingerprint density at radius 3 is 2.94 bits per heavy atom. The third-order valence-electron chi connectivity index (χ3n) is 2.42. The number of nitrogens with one attached hydrogen (secondary N) is 2. The molecule has 0 spiro atoms. The molecule has 1 amide bonds. The molecule has 0 saturated heterocycles. The van der Waals surface area contributed by atoms with E-state index in [1.54, 1.807) is 24.0 Å². The van der Waals surface area contributed by atoms with Gasteiger partial charge in [0.1, 0.15) is 0 Å². The number of amides is 1. The predicted octanol–water partition coefficient (Wildman–Crippen LogP) is 0.769. The summed E-state index contributed by atoms with van der Waals surface area (Å²) in [6.45, 7) is 4.47. The second-order valence-corrected chi connectivity index (χ2v) is 3.65. The van der Waals surface area contributed by atoms with Gasteiger partial charge >= 0.3 is 0 Å². The molecular weight excluding hydrogens is 220 g/mol. The minimum absolute atomic E-state index is 0.201. The van der Waals surface area contributed by atoms with E-state index in [4.69, 9.17) is 5.73 Å². The standard InChI is InChI=1S/C10H14N6O/c1-3-16-5-7(4-12-16)13-10(17)9-8(11)6(2)14-15-9/h4-5H,3,11H2,1-2H3,(H,13,17)(H,14,15). The van der Waals surface area contributed by atoms with Crippen LogP contribution in [0.25, 0.3) is 0 Å². The molecule has 7 heteroatoms. The summed E-state index contributed by atoms with van der Waals surface area (Å²) >= 11 is 0. The molecule has 2 aromatic rings. The lowest BCUT2D eigenvalue weighted by atomic mass is 10.3. The molecule has 0 unspecified atom stereocenters. The maximum absolute atomic E-state index is 11.8. The van der Waals surface area contributed by atoms with Crippen molar-refractivity contribution in [2.45, 2.75) is 20.4 Å². The predicted molar refractivity (Wildman–Crippen MR) is 63.6 cm³/mol. The van der Waals surface area contributed by atoms with Crippen molar-refractivity contribution in [1.29, 1.82) is 0 Å². The molecule has 0 bridgehead atoms. The molecule has 0 aliphatic rings. The summed E-state index contributed by atoms with van der Waals surface area (Å²) in [7, 11) is 0. The van der Waals surface area contributed by atoms with Crippen molar-refractivity contribution in [2.75, 3.05) is 11.1 Å². The number of carbonyl (C=O) groups excluding carboxylic acids is 1. The summed E-state index contributed by atoms with van der Waals surface area (Å²) in [5.74, 6) is -0.345. The van der Waals surface area contributed by atoms with Crippen LogP contribution in [0.1, 0.15) is 23.1 Å². The molecule has 2 heterocycles. The fourth-order valence-corrected chi connectivity index (χ4v) is 1.40.